The zero-order chi connectivity index (χ0) is 18.7. The highest BCUT2D eigenvalue weighted by Gasteiger charge is 2.16. The molecule has 1 amide bonds. The second kappa shape index (κ2) is 7.35. The standard InChI is InChI=1S/C19H21N5O2/c1-13-10-16(26-22-13)12-24(4)19(25)15-7-5-6-14(11-15)17-18(23(2)3)21-9-8-20-17/h5-11H,12H2,1-4H3. The molecule has 0 unspecified atom stereocenters. The maximum absolute atomic E-state index is 12.8. The SMILES string of the molecule is Cc1cc(CN(C)C(=O)c2cccc(-c3nccnc3N(C)C)c2)on1. The van der Waals surface area contributed by atoms with Gasteiger partial charge < -0.3 is 14.3 Å². The minimum absolute atomic E-state index is 0.101. The van der Waals surface area contributed by atoms with Gasteiger partial charge in [0.1, 0.15) is 5.69 Å². The Kier molecular flexibility index (Phi) is 4.97. The molecular weight excluding hydrogens is 330 g/mol. The molecule has 3 rings (SSSR count). The molecule has 2 aromatic heterocycles. The molecule has 134 valence electrons. The predicted octanol–water partition coefficient (Wildman–Crippen LogP) is 2.78. The summed E-state index contributed by atoms with van der Waals surface area (Å²) in [6.07, 6.45) is 3.30. The van der Waals surface area contributed by atoms with Crippen LogP contribution >= 0.6 is 0 Å². The van der Waals surface area contributed by atoms with E-state index in [9.17, 15) is 4.79 Å². The van der Waals surface area contributed by atoms with E-state index in [4.69, 9.17) is 4.52 Å². The number of carbonyl (C=O) groups is 1. The van der Waals surface area contributed by atoms with Gasteiger partial charge in [0.2, 0.25) is 0 Å². The second-order valence-corrected chi connectivity index (χ2v) is 6.30. The molecule has 1 aromatic carbocycles. The number of amides is 1. The number of aryl methyl sites for hydroxylation is 1. The summed E-state index contributed by atoms with van der Waals surface area (Å²) in [6.45, 7) is 2.21. The summed E-state index contributed by atoms with van der Waals surface area (Å²) in [6, 6.07) is 9.22. The third kappa shape index (κ3) is 3.72. The van der Waals surface area contributed by atoms with Gasteiger partial charge in [-0.25, -0.2) is 4.98 Å². The first-order valence-electron chi connectivity index (χ1n) is 8.22. The quantitative estimate of drug-likeness (QED) is 0.704. The molecule has 7 nitrogen and oxygen atoms in total. The van der Waals surface area contributed by atoms with E-state index in [2.05, 4.69) is 15.1 Å². The van der Waals surface area contributed by atoms with Crippen LogP contribution in [0.2, 0.25) is 0 Å². The van der Waals surface area contributed by atoms with E-state index in [1.165, 1.54) is 0 Å². The lowest BCUT2D eigenvalue weighted by molar-refractivity contribution is 0.0772. The van der Waals surface area contributed by atoms with Crippen molar-refractivity contribution in [2.45, 2.75) is 13.5 Å². The highest BCUT2D eigenvalue weighted by atomic mass is 16.5. The number of benzene rings is 1. The van der Waals surface area contributed by atoms with E-state index >= 15 is 0 Å². The average molecular weight is 351 g/mol. The largest absolute Gasteiger partial charge is 0.361 e. The zero-order valence-corrected chi connectivity index (χ0v) is 15.3. The molecule has 0 saturated carbocycles. The highest BCUT2D eigenvalue weighted by Crippen LogP contribution is 2.26. The van der Waals surface area contributed by atoms with Crippen molar-refractivity contribution in [3.8, 4) is 11.3 Å². The smallest absolute Gasteiger partial charge is 0.254 e. The summed E-state index contributed by atoms with van der Waals surface area (Å²) in [7, 11) is 5.56. The third-order valence-corrected chi connectivity index (χ3v) is 3.90. The number of anilines is 1. The normalized spacial score (nSPS) is 10.6. The Morgan fingerprint density at radius 3 is 2.58 bits per heavy atom. The average Bonchev–Trinajstić information content (AvgIpc) is 3.05. The molecule has 0 aliphatic rings. The number of hydrogen-bond donors (Lipinski definition) is 0. The van der Waals surface area contributed by atoms with Crippen LogP contribution in [0.4, 0.5) is 5.82 Å². The van der Waals surface area contributed by atoms with Crippen molar-refractivity contribution in [2.24, 2.45) is 0 Å². The van der Waals surface area contributed by atoms with E-state index in [1.54, 1.807) is 30.4 Å². The van der Waals surface area contributed by atoms with Crippen LogP contribution in [0, 0.1) is 6.92 Å². The second-order valence-electron chi connectivity index (χ2n) is 6.30. The Morgan fingerprint density at radius 1 is 1.12 bits per heavy atom. The van der Waals surface area contributed by atoms with Crippen molar-refractivity contribution in [3.05, 3.63) is 59.7 Å². The van der Waals surface area contributed by atoms with Gasteiger partial charge in [-0.05, 0) is 19.1 Å². The maximum atomic E-state index is 12.8. The molecule has 0 fully saturated rings. The Morgan fingerprint density at radius 2 is 1.88 bits per heavy atom. The van der Waals surface area contributed by atoms with E-state index in [1.807, 2.05) is 50.2 Å². The van der Waals surface area contributed by atoms with Crippen LogP contribution in [-0.2, 0) is 6.54 Å². The monoisotopic (exact) mass is 351 g/mol. The van der Waals surface area contributed by atoms with Gasteiger partial charge in [-0.2, -0.15) is 0 Å². The summed E-state index contributed by atoms with van der Waals surface area (Å²) in [5.74, 6) is 1.30. The minimum atomic E-state index is -0.101. The van der Waals surface area contributed by atoms with Crippen LogP contribution < -0.4 is 4.90 Å². The summed E-state index contributed by atoms with van der Waals surface area (Å²) >= 11 is 0. The van der Waals surface area contributed by atoms with Gasteiger partial charge >= 0.3 is 0 Å². The molecule has 0 saturated heterocycles. The summed E-state index contributed by atoms with van der Waals surface area (Å²) < 4.78 is 5.19. The van der Waals surface area contributed by atoms with Crippen LogP contribution in [0.3, 0.4) is 0 Å². The van der Waals surface area contributed by atoms with E-state index in [0.29, 0.717) is 17.9 Å². The Hall–Kier alpha value is -3.22. The van der Waals surface area contributed by atoms with E-state index < -0.39 is 0 Å². The van der Waals surface area contributed by atoms with Crippen molar-refractivity contribution in [2.75, 3.05) is 26.0 Å². The lowest BCUT2D eigenvalue weighted by Gasteiger charge is -2.17. The Balaban J connectivity index is 1.86. The lowest BCUT2D eigenvalue weighted by atomic mass is 10.1. The maximum Gasteiger partial charge on any atom is 0.254 e. The molecule has 26 heavy (non-hydrogen) atoms. The molecule has 0 bridgehead atoms. The van der Waals surface area contributed by atoms with Crippen molar-refractivity contribution < 1.29 is 9.32 Å². The van der Waals surface area contributed by atoms with Crippen molar-refractivity contribution in [1.82, 2.24) is 20.0 Å². The fraction of sp³-hybridized carbons (Fsp3) is 0.263. The number of aromatic nitrogens is 3. The molecule has 0 spiro atoms. The van der Waals surface area contributed by atoms with Crippen LogP contribution in [0.25, 0.3) is 11.3 Å². The summed E-state index contributed by atoms with van der Waals surface area (Å²) in [5, 5.41) is 3.85. The van der Waals surface area contributed by atoms with E-state index in [0.717, 1.165) is 22.8 Å². The van der Waals surface area contributed by atoms with Gasteiger partial charge in [0.15, 0.2) is 11.6 Å². The molecule has 0 aliphatic carbocycles. The first kappa shape index (κ1) is 17.6. The molecule has 0 aliphatic heterocycles. The highest BCUT2D eigenvalue weighted by molar-refractivity contribution is 5.95. The van der Waals surface area contributed by atoms with Crippen LogP contribution in [0.5, 0.6) is 0 Å². The fourth-order valence-corrected chi connectivity index (χ4v) is 2.68. The van der Waals surface area contributed by atoms with Crippen LogP contribution in [0.1, 0.15) is 21.8 Å². The number of nitrogens with zero attached hydrogens (tertiary/aromatic N) is 5. The van der Waals surface area contributed by atoms with Crippen LogP contribution in [0.15, 0.2) is 47.2 Å². The molecule has 0 atom stereocenters. The van der Waals surface area contributed by atoms with Crippen molar-refractivity contribution in [3.63, 3.8) is 0 Å². The molecule has 7 heteroatoms. The predicted molar refractivity (Wildman–Crippen MR) is 98.8 cm³/mol. The molecule has 2 heterocycles. The van der Waals surface area contributed by atoms with Crippen LogP contribution in [-0.4, -0.2) is 47.1 Å². The summed E-state index contributed by atoms with van der Waals surface area (Å²) in [5.41, 5.74) is 2.95. The number of carbonyl (C=O) groups excluding carboxylic acids is 1. The van der Waals surface area contributed by atoms with Gasteiger partial charge in [-0.1, -0.05) is 17.3 Å². The zero-order valence-electron chi connectivity index (χ0n) is 15.3. The van der Waals surface area contributed by atoms with Gasteiger partial charge in [0, 0.05) is 50.7 Å². The molecule has 0 radical (unpaired) electrons. The molecular formula is C19H21N5O2. The van der Waals surface area contributed by atoms with Gasteiger partial charge in [-0.15, -0.1) is 0 Å². The molecule has 0 N–H and O–H groups in total. The Bertz CT molecular complexity index is 920. The lowest BCUT2D eigenvalue weighted by Crippen LogP contribution is -2.26. The third-order valence-electron chi connectivity index (χ3n) is 3.90. The molecule has 3 aromatic rings. The Labute approximate surface area is 152 Å². The topological polar surface area (TPSA) is 75.4 Å². The summed E-state index contributed by atoms with van der Waals surface area (Å²) in [4.78, 5) is 25.1. The van der Waals surface area contributed by atoms with Crippen molar-refractivity contribution >= 4 is 11.7 Å². The van der Waals surface area contributed by atoms with Gasteiger partial charge in [-0.3, -0.25) is 9.78 Å². The first-order valence-corrected chi connectivity index (χ1v) is 8.22. The minimum Gasteiger partial charge on any atom is -0.361 e. The van der Waals surface area contributed by atoms with Crippen molar-refractivity contribution in [1.29, 1.82) is 0 Å². The van der Waals surface area contributed by atoms with Gasteiger partial charge in [0.25, 0.3) is 5.91 Å². The fourth-order valence-electron chi connectivity index (χ4n) is 2.68. The number of rotatable bonds is 5. The van der Waals surface area contributed by atoms with Gasteiger partial charge in [0.05, 0.1) is 12.2 Å². The first-order chi connectivity index (χ1) is 12.5. The van der Waals surface area contributed by atoms with E-state index in [-0.39, 0.29) is 5.91 Å². The number of hydrogen-bond acceptors (Lipinski definition) is 6.